The first-order chi connectivity index (χ1) is 13.5. The lowest BCUT2D eigenvalue weighted by Crippen LogP contribution is -2.15. The fourth-order valence-electron chi connectivity index (χ4n) is 3.28. The lowest BCUT2D eigenvalue weighted by Gasteiger charge is -2.10. The van der Waals surface area contributed by atoms with Crippen LogP contribution in [0.1, 0.15) is 23.0 Å². The highest BCUT2D eigenvalue weighted by molar-refractivity contribution is 8.00. The Labute approximate surface area is 166 Å². The van der Waals surface area contributed by atoms with Crippen molar-refractivity contribution in [3.63, 3.8) is 0 Å². The van der Waals surface area contributed by atoms with Crippen molar-refractivity contribution in [2.24, 2.45) is 7.05 Å². The summed E-state index contributed by atoms with van der Waals surface area (Å²) in [5.41, 5.74) is 3.31. The number of nitrogens with zero attached hydrogens (tertiary/aromatic N) is 3. The minimum atomic E-state index is -0.332. The maximum atomic E-state index is 13.2. The van der Waals surface area contributed by atoms with Crippen molar-refractivity contribution in [3.05, 3.63) is 65.6 Å². The molecule has 0 spiro atoms. The molecule has 28 heavy (non-hydrogen) atoms. The van der Waals surface area contributed by atoms with E-state index in [4.69, 9.17) is 0 Å². The van der Waals surface area contributed by atoms with E-state index in [1.807, 2.05) is 49.7 Å². The molecule has 0 unspecified atom stereocenters. The van der Waals surface area contributed by atoms with Gasteiger partial charge in [-0.3, -0.25) is 4.79 Å². The van der Waals surface area contributed by atoms with Gasteiger partial charge in [-0.25, -0.2) is 4.39 Å². The van der Waals surface area contributed by atoms with E-state index in [1.165, 1.54) is 23.9 Å². The number of carbonyl (C=O) groups is 1. The van der Waals surface area contributed by atoms with Gasteiger partial charge in [-0.2, -0.15) is 0 Å². The average molecular weight is 394 g/mol. The van der Waals surface area contributed by atoms with Crippen LogP contribution in [0.15, 0.2) is 53.7 Å². The van der Waals surface area contributed by atoms with Crippen molar-refractivity contribution >= 4 is 28.4 Å². The van der Waals surface area contributed by atoms with Crippen molar-refractivity contribution in [1.29, 1.82) is 0 Å². The van der Waals surface area contributed by atoms with Gasteiger partial charge in [0, 0.05) is 34.8 Å². The van der Waals surface area contributed by atoms with E-state index in [9.17, 15) is 9.18 Å². The van der Waals surface area contributed by atoms with Gasteiger partial charge in [-0.15, -0.1) is 10.2 Å². The molecule has 142 valence electrons. The average Bonchev–Trinajstić information content (AvgIpc) is 3.21. The van der Waals surface area contributed by atoms with Crippen molar-refractivity contribution in [2.75, 3.05) is 0 Å². The van der Waals surface area contributed by atoms with Crippen LogP contribution in [0, 0.1) is 12.7 Å². The summed E-state index contributed by atoms with van der Waals surface area (Å²) in [4.78, 5) is 16.4. The molecule has 4 aromatic rings. The number of H-pyrrole nitrogens is 1. The molecule has 4 rings (SSSR count). The summed E-state index contributed by atoms with van der Waals surface area (Å²) in [6, 6.07) is 13.9. The maximum Gasteiger partial charge on any atom is 0.191 e. The summed E-state index contributed by atoms with van der Waals surface area (Å²) in [6.45, 7) is 3.79. The van der Waals surface area contributed by atoms with Gasteiger partial charge in [0.1, 0.15) is 5.82 Å². The summed E-state index contributed by atoms with van der Waals surface area (Å²) in [6.07, 6.45) is 0. The molecule has 0 saturated carbocycles. The first-order valence-electron chi connectivity index (χ1n) is 8.89. The number of hydrogen-bond acceptors (Lipinski definition) is 4. The Morgan fingerprint density at radius 1 is 1.14 bits per heavy atom. The van der Waals surface area contributed by atoms with E-state index in [1.54, 1.807) is 12.1 Å². The van der Waals surface area contributed by atoms with E-state index in [-0.39, 0.29) is 16.9 Å². The molecule has 1 N–H and O–H groups in total. The molecule has 7 heteroatoms. The molecular formula is C21H19FN4OS. The third-order valence-electron chi connectivity index (χ3n) is 4.73. The molecule has 0 aliphatic rings. The molecule has 2 heterocycles. The molecule has 0 fully saturated rings. The fourth-order valence-corrected chi connectivity index (χ4v) is 4.15. The van der Waals surface area contributed by atoms with Gasteiger partial charge in [0.15, 0.2) is 16.8 Å². The van der Waals surface area contributed by atoms with Crippen molar-refractivity contribution < 1.29 is 9.18 Å². The Balaban J connectivity index is 1.60. The molecular weight excluding hydrogens is 375 g/mol. The van der Waals surface area contributed by atoms with E-state index in [0.29, 0.717) is 11.0 Å². The molecule has 0 aliphatic carbocycles. The molecule has 0 saturated heterocycles. The van der Waals surface area contributed by atoms with Crippen LogP contribution < -0.4 is 0 Å². The zero-order valence-electron chi connectivity index (χ0n) is 15.7. The van der Waals surface area contributed by atoms with Gasteiger partial charge in [0.05, 0.1) is 5.25 Å². The smallest absolute Gasteiger partial charge is 0.191 e. The first kappa shape index (κ1) is 18.4. The standard InChI is InChI=1S/C21H19FN4OS/c1-12-18(16-6-4-5-7-17(16)23-12)19(27)13(2)28-21-25-24-20(26(21)3)14-8-10-15(22)11-9-14/h4-11,13,23H,1-3H3/t13-/m1/s1. The summed E-state index contributed by atoms with van der Waals surface area (Å²) in [5.74, 6) is 0.380. The van der Waals surface area contributed by atoms with Crippen LogP contribution in [-0.2, 0) is 7.05 Å². The Morgan fingerprint density at radius 2 is 1.86 bits per heavy atom. The predicted octanol–water partition coefficient (Wildman–Crippen LogP) is 4.77. The summed E-state index contributed by atoms with van der Waals surface area (Å²) >= 11 is 1.36. The quantitative estimate of drug-likeness (QED) is 0.391. The molecule has 1 atom stereocenters. The SMILES string of the molecule is Cc1[nH]c2ccccc2c1C(=O)[C@@H](C)Sc1nnc(-c2ccc(F)cc2)n1C. The molecule has 0 bridgehead atoms. The summed E-state index contributed by atoms with van der Waals surface area (Å²) in [5, 5.41) is 9.67. The third kappa shape index (κ3) is 3.22. The summed E-state index contributed by atoms with van der Waals surface area (Å²) in [7, 11) is 1.84. The van der Waals surface area contributed by atoms with E-state index in [0.717, 1.165) is 27.7 Å². The third-order valence-corrected chi connectivity index (χ3v) is 5.86. The van der Waals surface area contributed by atoms with Gasteiger partial charge in [0.25, 0.3) is 0 Å². The number of halogens is 1. The highest BCUT2D eigenvalue weighted by Crippen LogP contribution is 2.30. The molecule has 0 radical (unpaired) electrons. The monoisotopic (exact) mass is 394 g/mol. The van der Waals surface area contributed by atoms with Gasteiger partial charge in [0.2, 0.25) is 0 Å². The van der Waals surface area contributed by atoms with Crippen molar-refractivity contribution in [2.45, 2.75) is 24.3 Å². The van der Waals surface area contributed by atoms with Crippen molar-refractivity contribution in [1.82, 2.24) is 19.7 Å². The zero-order valence-corrected chi connectivity index (χ0v) is 16.5. The molecule has 2 aromatic carbocycles. The van der Waals surface area contributed by atoms with Crippen LogP contribution in [-0.4, -0.2) is 30.8 Å². The number of aryl methyl sites for hydroxylation is 1. The predicted molar refractivity (Wildman–Crippen MR) is 109 cm³/mol. The highest BCUT2D eigenvalue weighted by Gasteiger charge is 2.24. The lowest BCUT2D eigenvalue weighted by molar-refractivity contribution is 0.0995. The second kappa shape index (κ2) is 7.24. The van der Waals surface area contributed by atoms with Crippen LogP contribution in [0.3, 0.4) is 0 Å². The fraction of sp³-hybridized carbons (Fsp3) is 0.190. The number of nitrogens with one attached hydrogen (secondary N) is 1. The topological polar surface area (TPSA) is 63.6 Å². The van der Waals surface area contributed by atoms with Crippen LogP contribution in [0.25, 0.3) is 22.3 Å². The van der Waals surface area contributed by atoms with Crippen molar-refractivity contribution in [3.8, 4) is 11.4 Å². The number of aromatic nitrogens is 4. The maximum absolute atomic E-state index is 13.2. The number of para-hydroxylation sites is 1. The van der Waals surface area contributed by atoms with E-state index >= 15 is 0 Å². The van der Waals surface area contributed by atoms with Gasteiger partial charge in [-0.1, -0.05) is 30.0 Å². The summed E-state index contributed by atoms with van der Waals surface area (Å²) < 4.78 is 15.0. The van der Waals surface area contributed by atoms with Crippen LogP contribution in [0.5, 0.6) is 0 Å². The lowest BCUT2D eigenvalue weighted by atomic mass is 10.1. The number of Topliss-reactive ketones (excluding diaryl/α,β-unsaturated/α-hetero) is 1. The number of hydrogen-bond donors (Lipinski definition) is 1. The van der Waals surface area contributed by atoms with E-state index in [2.05, 4.69) is 15.2 Å². The first-order valence-corrected chi connectivity index (χ1v) is 9.77. The normalized spacial score (nSPS) is 12.4. The second-order valence-corrected chi connectivity index (χ2v) is 7.97. The van der Waals surface area contributed by atoms with Crippen LogP contribution in [0.4, 0.5) is 4.39 Å². The van der Waals surface area contributed by atoms with Gasteiger partial charge in [-0.05, 0) is 44.2 Å². The minimum absolute atomic E-state index is 0.0475. The van der Waals surface area contributed by atoms with Gasteiger partial charge >= 0.3 is 0 Å². The Bertz CT molecular complexity index is 1160. The number of carbonyl (C=O) groups excluding carboxylic acids is 1. The molecule has 0 amide bonds. The number of aromatic amines is 1. The number of thioether (sulfide) groups is 1. The largest absolute Gasteiger partial charge is 0.358 e. The Kier molecular flexibility index (Phi) is 4.77. The Morgan fingerprint density at radius 3 is 2.61 bits per heavy atom. The number of benzene rings is 2. The highest BCUT2D eigenvalue weighted by atomic mass is 32.2. The molecule has 2 aromatic heterocycles. The number of fused-ring (bicyclic) bond motifs is 1. The number of rotatable bonds is 5. The second-order valence-electron chi connectivity index (χ2n) is 6.67. The molecule has 0 aliphatic heterocycles. The Hall–Kier alpha value is -2.93. The zero-order chi connectivity index (χ0) is 19.8. The van der Waals surface area contributed by atoms with Crippen LogP contribution in [0.2, 0.25) is 0 Å². The van der Waals surface area contributed by atoms with Gasteiger partial charge < -0.3 is 9.55 Å². The van der Waals surface area contributed by atoms with Crippen LogP contribution >= 0.6 is 11.8 Å². The minimum Gasteiger partial charge on any atom is -0.358 e. The number of ketones is 1. The molecule has 5 nitrogen and oxygen atoms in total. The van der Waals surface area contributed by atoms with E-state index < -0.39 is 0 Å².